The van der Waals surface area contributed by atoms with Gasteiger partial charge >= 0.3 is 0 Å². The SMILES string of the molecule is C[C@]1(O)[C@H](OCc2ccccc2)[C@@H](OCc2ccccc2)[C@H](OCc2ccccc2)[C@@]12C[C@H](O)[C@@H](O)O2. The van der Waals surface area contributed by atoms with Gasteiger partial charge in [0.25, 0.3) is 0 Å². The van der Waals surface area contributed by atoms with Gasteiger partial charge in [-0.15, -0.1) is 0 Å². The second-order valence-electron chi connectivity index (χ2n) is 10.0. The normalized spacial score (nSPS) is 33.2. The summed E-state index contributed by atoms with van der Waals surface area (Å²) in [5, 5.41) is 33.0. The Balaban J connectivity index is 1.48. The Kier molecular flexibility index (Phi) is 7.74. The van der Waals surface area contributed by atoms with E-state index < -0.39 is 41.9 Å². The van der Waals surface area contributed by atoms with Gasteiger partial charge in [0.15, 0.2) is 6.29 Å². The average molecular weight is 507 g/mol. The molecule has 7 nitrogen and oxygen atoms in total. The average Bonchev–Trinajstić information content (AvgIpc) is 3.31. The summed E-state index contributed by atoms with van der Waals surface area (Å²) in [7, 11) is 0. The van der Waals surface area contributed by atoms with Crippen LogP contribution in [0, 0.1) is 0 Å². The molecular formula is C30H34O7. The van der Waals surface area contributed by atoms with Gasteiger partial charge in [0.2, 0.25) is 0 Å². The topological polar surface area (TPSA) is 97.6 Å². The lowest BCUT2D eigenvalue weighted by atomic mass is 9.82. The molecule has 1 spiro atoms. The molecule has 37 heavy (non-hydrogen) atoms. The molecule has 2 aliphatic rings. The Morgan fingerprint density at radius 1 is 0.703 bits per heavy atom. The summed E-state index contributed by atoms with van der Waals surface area (Å²) in [5.74, 6) is 0. The van der Waals surface area contributed by atoms with Gasteiger partial charge in [-0.25, -0.2) is 0 Å². The number of hydrogen-bond donors (Lipinski definition) is 3. The molecule has 7 atom stereocenters. The molecule has 3 aromatic carbocycles. The summed E-state index contributed by atoms with van der Waals surface area (Å²) in [6.07, 6.45) is -5.13. The van der Waals surface area contributed by atoms with E-state index in [4.69, 9.17) is 18.9 Å². The molecule has 3 aromatic rings. The summed E-state index contributed by atoms with van der Waals surface area (Å²) in [6, 6.07) is 29.1. The largest absolute Gasteiger partial charge is 0.388 e. The van der Waals surface area contributed by atoms with Gasteiger partial charge in [0.05, 0.1) is 19.8 Å². The second kappa shape index (κ2) is 11.0. The predicted molar refractivity (Wildman–Crippen MR) is 136 cm³/mol. The number of rotatable bonds is 9. The van der Waals surface area contributed by atoms with E-state index in [9.17, 15) is 15.3 Å². The van der Waals surface area contributed by atoms with Crippen LogP contribution in [0.25, 0.3) is 0 Å². The third-order valence-corrected chi connectivity index (χ3v) is 7.47. The molecule has 5 rings (SSSR count). The molecule has 0 radical (unpaired) electrons. The van der Waals surface area contributed by atoms with E-state index in [-0.39, 0.29) is 26.2 Å². The van der Waals surface area contributed by atoms with Crippen LogP contribution < -0.4 is 0 Å². The van der Waals surface area contributed by atoms with E-state index in [1.807, 2.05) is 91.0 Å². The van der Waals surface area contributed by atoms with E-state index >= 15 is 0 Å². The minimum atomic E-state index is -1.65. The molecule has 1 saturated carbocycles. The zero-order valence-electron chi connectivity index (χ0n) is 20.9. The molecule has 196 valence electrons. The lowest BCUT2D eigenvalue weighted by molar-refractivity contribution is -0.250. The van der Waals surface area contributed by atoms with Crippen molar-refractivity contribution in [3.05, 3.63) is 108 Å². The molecule has 2 fully saturated rings. The third kappa shape index (κ3) is 5.22. The molecular weight excluding hydrogens is 472 g/mol. The van der Waals surface area contributed by atoms with Gasteiger partial charge in [-0.2, -0.15) is 0 Å². The highest BCUT2D eigenvalue weighted by molar-refractivity contribution is 5.24. The first kappa shape index (κ1) is 26.0. The van der Waals surface area contributed by atoms with E-state index in [0.29, 0.717) is 0 Å². The molecule has 1 aliphatic carbocycles. The van der Waals surface area contributed by atoms with Crippen molar-refractivity contribution in [1.82, 2.24) is 0 Å². The van der Waals surface area contributed by atoms with Crippen LogP contribution in [-0.4, -0.2) is 57.2 Å². The summed E-state index contributed by atoms with van der Waals surface area (Å²) in [6.45, 7) is 2.34. The molecule has 7 heteroatoms. The summed E-state index contributed by atoms with van der Waals surface area (Å²) < 4.78 is 25.2. The van der Waals surface area contributed by atoms with Crippen molar-refractivity contribution in [2.75, 3.05) is 0 Å². The van der Waals surface area contributed by atoms with Crippen molar-refractivity contribution in [2.45, 2.75) is 75.1 Å². The smallest absolute Gasteiger partial charge is 0.181 e. The van der Waals surface area contributed by atoms with Crippen LogP contribution in [0.2, 0.25) is 0 Å². The summed E-state index contributed by atoms with van der Waals surface area (Å²) in [5.41, 5.74) is -0.270. The molecule has 0 aromatic heterocycles. The van der Waals surface area contributed by atoms with Gasteiger partial charge in [-0.3, -0.25) is 0 Å². The maximum absolute atomic E-state index is 12.0. The number of benzene rings is 3. The maximum atomic E-state index is 12.0. The van der Waals surface area contributed by atoms with Gasteiger partial charge in [-0.1, -0.05) is 91.0 Å². The van der Waals surface area contributed by atoms with Crippen LogP contribution in [-0.2, 0) is 38.8 Å². The highest BCUT2D eigenvalue weighted by Gasteiger charge is 2.73. The predicted octanol–water partition coefficient (Wildman–Crippen LogP) is 3.35. The number of hydrogen-bond acceptors (Lipinski definition) is 7. The minimum absolute atomic E-state index is 0.0307. The zero-order valence-corrected chi connectivity index (χ0v) is 20.9. The van der Waals surface area contributed by atoms with Crippen LogP contribution in [0.5, 0.6) is 0 Å². The first-order valence-corrected chi connectivity index (χ1v) is 12.6. The minimum Gasteiger partial charge on any atom is -0.388 e. The fourth-order valence-electron chi connectivity index (χ4n) is 5.48. The monoisotopic (exact) mass is 506 g/mol. The van der Waals surface area contributed by atoms with E-state index in [1.54, 1.807) is 6.92 Å². The standard InChI is InChI=1S/C30H34O7/c1-29(33)26(35-19-22-13-7-3-8-14-22)25(34-18-21-11-5-2-6-12-21)27(30(29)17-24(31)28(32)37-30)36-20-23-15-9-4-10-16-23/h2-16,24-28,31-33H,17-20H2,1H3/t24-,25+,26+,27-,28-,29-,30-/m0/s1. The van der Waals surface area contributed by atoms with E-state index in [0.717, 1.165) is 16.7 Å². The van der Waals surface area contributed by atoms with E-state index in [2.05, 4.69) is 0 Å². The van der Waals surface area contributed by atoms with Crippen molar-refractivity contribution in [3.63, 3.8) is 0 Å². The number of aliphatic hydroxyl groups is 3. The van der Waals surface area contributed by atoms with Crippen molar-refractivity contribution in [3.8, 4) is 0 Å². The Morgan fingerprint density at radius 3 is 1.57 bits per heavy atom. The summed E-state index contributed by atoms with van der Waals surface area (Å²) in [4.78, 5) is 0. The fourth-order valence-corrected chi connectivity index (χ4v) is 5.48. The highest BCUT2D eigenvalue weighted by atomic mass is 16.7. The van der Waals surface area contributed by atoms with Crippen LogP contribution in [0.15, 0.2) is 91.0 Å². The number of aliphatic hydroxyl groups excluding tert-OH is 2. The Morgan fingerprint density at radius 2 is 1.14 bits per heavy atom. The lowest BCUT2D eigenvalue weighted by Crippen LogP contribution is -2.58. The Labute approximate surface area is 217 Å². The lowest BCUT2D eigenvalue weighted by Gasteiger charge is -2.40. The van der Waals surface area contributed by atoms with Gasteiger partial charge in [0, 0.05) is 6.42 Å². The number of ether oxygens (including phenoxy) is 4. The zero-order chi connectivity index (χ0) is 25.9. The molecule has 1 saturated heterocycles. The molecule has 0 unspecified atom stereocenters. The van der Waals surface area contributed by atoms with Crippen LogP contribution >= 0.6 is 0 Å². The molecule has 0 amide bonds. The van der Waals surface area contributed by atoms with Crippen molar-refractivity contribution in [1.29, 1.82) is 0 Å². The first-order valence-electron chi connectivity index (χ1n) is 12.6. The molecule has 3 N–H and O–H groups in total. The van der Waals surface area contributed by atoms with Gasteiger partial charge < -0.3 is 34.3 Å². The van der Waals surface area contributed by atoms with Crippen LogP contribution in [0.4, 0.5) is 0 Å². The quantitative estimate of drug-likeness (QED) is 0.410. The molecule has 1 aliphatic heterocycles. The van der Waals surface area contributed by atoms with Crippen LogP contribution in [0.1, 0.15) is 30.0 Å². The fraction of sp³-hybridized carbons (Fsp3) is 0.400. The van der Waals surface area contributed by atoms with Crippen molar-refractivity contribution in [2.24, 2.45) is 0 Å². The molecule has 0 bridgehead atoms. The van der Waals surface area contributed by atoms with Crippen molar-refractivity contribution < 1.29 is 34.3 Å². The Bertz CT molecular complexity index is 1110. The second-order valence-corrected chi connectivity index (χ2v) is 10.0. The molecule has 1 heterocycles. The first-order chi connectivity index (χ1) is 17.9. The van der Waals surface area contributed by atoms with Gasteiger partial charge in [-0.05, 0) is 23.6 Å². The Hall–Kier alpha value is -2.62. The highest BCUT2D eigenvalue weighted by Crippen LogP contribution is 2.53. The summed E-state index contributed by atoms with van der Waals surface area (Å²) >= 11 is 0. The van der Waals surface area contributed by atoms with Crippen LogP contribution in [0.3, 0.4) is 0 Å². The van der Waals surface area contributed by atoms with Gasteiger partial charge in [0.1, 0.15) is 35.6 Å². The third-order valence-electron chi connectivity index (χ3n) is 7.47. The van der Waals surface area contributed by atoms with Crippen molar-refractivity contribution >= 4 is 0 Å². The van der Waals surface area contributed by atoms with E-state index in [1.165, 1.54) is 0 Å². The maximum Gasteiger partial charge on any atom is 0.181 e.